The van der Waals surface area contributed by atoms with Crippen LogP contribution in [0.25, 0.3) is 21.7 Å². The summed E-state index contributed by atoms with van der Waals surface area (Å²) in [5, 5.41) is 1.73. The number of unbranched alkanes of at least 4 members (excludes halogenated alkanes) is 1. The van der Waals surface area contributed by atoms with Crippen molar-refractivity contribution in [2.75, 3.05) is 7.11 Å². The van der Waals surface area contributed by atoms with E-state index in [1.807, 2.05) is 13.8 Å². The van der Waals surface area contributed by atoms with Gasteiger partial charge >= 0.3 is 11.6 Å². The number of carbonyl (C=O) groups excluding carboxylic acids is 1. The highest BCUT2D eigenvalue weighted by Gasteiger charge is 2.28. The van der Waals surface area contributed by atoms with E-state index in [2.05, 4.69) is 4.72 Å². The molecule has 0 saturated heterocycles. The van der Waals surface area contributed by atoms with Gasteiger partial charge in [0.1, 0.15) is 23.1 Å². The van der Waals surface area contributed by atoms with Crippen LogP contribution in [0.4, 0.5) is 0 Å². The van der Waals surface area contributed by atoms with Gasteiger partial charge in [-0.3, -0.25) is 0 Å². The third-order valence-corrected chi connectivity index (χ3v) is 7.75. The summed E-state index contributed by atoms with van der Waals surface area (Å²) in [5.41, 5.74) is 1.13. The lowest BCUT2D eigenvalue weighted by atomic mass is 10.0. The minimum absolute atomic E-state index is 0.0690. The summed E-state index contributed by atoms with van der Waals surface area (Å²) in [6, 6.07) is 13.8. The Labute approximate surface area is 215 Å². The molecule has 0 bridgehead atoms. The number of ether oxygens (including phenoxy) is 2. The van der Waals surface area contributed by atoms with Crippen molar-refractivity contribution in [3.05, 3.63) is 76.1 Å². The van der Waals surface area contributed by atoms with Gasteiger partial charge in [-0.25, -0.2) is 18.0 Å². The first-order chi connectivity index (χ1) is 17.6. The molecule has 37 heavy (non-hydrogen) atoms. The summed E-state index contributed by atoms with van der Waals surface area (Å²) in [4.78, 5) is 25.9. The minimum atomic E-state index is -3.95. The van der Waals surface area contributed by atoms with Crippen molar-refractivity contribution < 1.29 is 27.1 Å². The average Bonchev–Trinajstić information content (AvgIpc) is 2.88. The number of sulfonamides is 1. The van der Waals surface area contributed by atoms with E-state index in [-0.39, 0.29) is 17.1 Å². The Kier molecular flexibility index (Phi) is 7.65. The van der Waals surface area contributed by atoms with E-state index in [1.54, 1.807) is 49.4 Å². The van der Waals surface area contributed by atoms with Crippen LogP contribution in [0, 0.1) is 13.8 Å². The number of benzene rings is 3. The maximum Gasteiger partial charge on any atom is 0.344 e. The van der Waals surface area contributed by atoms with Crippen LogP contribution in [0.3, 0.4) is 0 Å². The predicted octanol–water partition coefficient (Wildman–Crippen LogP) is 5.01. The molecule has 0 aliphatic carbocycles. The van der Waals surface area contributed by atoms with E-state index < -0.39 is 27.7 Å². The molecular weight excluding hydrogens is 494 g/mol. The first-order valence-electron chi connectivity index (χ1n) is 12.0. The quantitative estimate of drug-likeness (QED) is 0.142. The second-order valence-corrected chi connectivity index (χ2v) is 10.6. The molecule has 194 valence electrons. The van der Waals surface area contributed by atoms with Gasteiger partial charge in [-0.05, 0) is 62.7 Å². The number of nitrogens with one attached hydrogen (secondary N) is 1. The van der Waals surface area contributed by atoms with Gasteiger partial charge in [-0.15, -0.1) is 0 Å². The van der Waals surface area contributed by atoms with Crippen LogP contribution in [0.1, 0.15) is 37.3 Å². The number of fused-ring (bicyclic) bond motifs is 3. The highest BCUT2D eigenvalue weighted by molar-refractivity contribution is 7.89. The van der Waals surface area contributed by atoms with Crippen molar-refractivity contribution in [2.24, 2.45) is 0 Å². The average molecular weight is 524 g/mol. The maximum atomic E-state index is 13.2. The van der Waals surface area contributed by atoms with Gasteiger partial charge in [0.2, 0.25) is 10.0 Å². The fraction of sp³-hybridized carbons (Fsp3) is 0.286. The van der Waals surface area contributed by atoms with E-state index in [0.717, 1.165) is 12.0 Å². The van der Waals surface area contributed by atoms with E-state index in [4.69, 9.17) is 13.9 Å². The Morgan fingerprint density at radius 2 is 1.70 bits per heavy atom. The molecular formula is C28H29NO7S. The largest absolute Gasteiger partial charge is 0.497 e. The van der Waals surface area contributed by atoms with Crippen molar-refractivity contribution in [1.29, 1.82) is 0 Å². The smallest absolute Gasteiger partial charge is 0.344 e. The molecule has 0 unspecified atom stereocenters. The van der Waals surface area contributed by atoms with Crippen LogP contribution in [0.5, 0.6) is 11.5 Å². The molecule has 0 aliphatic rings. The fourth-order valence-electron chi connectivity index (χ4n) is 4.11. The van der Waals surface area contributed by atoms with Crippen molar-refractivity contribution in [1.82, 2.24) is 4.72 Å². The van der Waals surface area contributed by atoms with Gasteiger partial charge in [0, 0.05) is 16.3 Å². The zero-order valence-corrected chi connectivity index (χ0v) is 22.0. The lowest BCUT2D eigenvalue weighted by Gasteiger charge is -2.18. The first kappa shape index (κ1) is 26.4. The Hall–Kier alpha value is -3.69. The molecule has 1 N–H and O–H groups in total. The molecule has 1 atom stereocenters. The third-order valence-electron chi connectivity index (χ3n) is 6.26. The Morgan fingerprint density at radius 1 is 1.00 bits per heavy atom. The van der Waals surface area contributed by atoms with E-state index in [1.165, 1.54) is 19.2 Å². The number of esters is 1. The first-order valence-corrected chi connectivity index (χ1v) is 13.5. The van der Waals surface area contributed by atoms with Crippen LogP contribution in [-0.4, -0.2) is 27.5 Å². The Bertz CT molecular complexity index is 1620. The van der Waals surface area contributed by atoms with E-state index in [9.17, 15) is 18.0 Å². The van der Waals surface area contributed by atoms with Crippen LogP contribution in [0.15, 0.2) is 68.7 Å². The molecule has 0 saturated carbocycles. The summed E-state index contributed by atoms with van der Waals surface area (Å²) >= 11 is 0. The van der Waals surface area contributed by atoms with E-state index in [0.29, 0.717) is 39.5 Å². The van der Waals surface area contributed by atoms with Crippen LogP contribution < -0.4 is 19.8 Å². The topological polar surface area (TPSA) is 112 Å². The standard InChI is InChI=1S/C28H29NO7S/c1-5-6-7-24(29-37(32,33)20-11-8-17(2)9-12-20)28(31)35-25-15-14-22-21-13-10-19(34-4)16-23(21)27(30)36-26(22)18(25)3/h8-16,24,29H,5-7H2,1-4H3/t24-/m0/s1. The molecule has 8 nitrogen and oxygen atoms in total. The molecule has 0 amide bonds. The zero-order chi connectivity index (χ0) is 26.7. The SMILES string of the molecule is CCCC[C@H](NS(=O)(=O)c1ccc(C)cc1)C(=O)Oc1ccc2c(oc(=O)c3cc(OC)ccc32)c1C. The fourth-order valence-corrected chi connectivity index (χ4v) is 5.33. The number of carbonyl (C=O) groups is 1. The molecule has 4 aromatic rings. The summed E-state index contributed by atoms with van der Waals surface area (Å²) < 4.78 is 44.8. The number of hydrogen-bond acceptors (Lipinski definition) is 7. The van der Waals surface area contributed by atoms with Crippen molar-refractivity contribution >= 4 is 37.7 Å². The molecule has 0 radical (unpaired) electrons. The summed E-state index contributed by atoms with van der Waals surface area (Å²) in [5.74, 6) is -0.0170. The number of aryl methyl sites for hydroxylation is 2. The van der Waals surface area contributed by atoms with Gasteiger partial charge in [0.15, 0.2) is 0 Å². The Balaban J connectivity index is 1.66. The van der Waals surface area contributed by atoms with Gasteiger partial charge < -0.3 is 13.9 Å². The van der Waals surface area contributed by atoms with Crippen molar-refractivity contribution in [3.8, 4) is 11.5 Å². The highest BCUT2D eigenvalue weighted by Crippen LogP contribution is 2.32. The predicted molar refractivity (Wildman–Crippen MR) is 142 cm³/mol. The van der Waals surface area contributed by atoms with Crippen LogP contribution in [-0.2, 0) is 14.8 Å². The summed E-state index contributed by atoms with van der Waals surface area (Å²) in [6.07, 6.45) is 1.67. The Morgan fingerprint density at radius 3 is 2.38 bits per heavy atom. The molecule has 1 heterocycles. The van der Waals surface area contributed by atoms with Gasteiger partial charge in [-0.2, -0.15) is 4.72 Å². The van der Waals surface area contributed by atoms with Gasteiger partial charge in [0.25, 0.3) is 0 Å². The maximum absolute atomic E-state index is 13.2. The molecule has 0 aliphatic heterocycles. The normalized spacial score (nSPS) is 12.5. The lowest BCUT2D eigenvalue weighted by molar-refractivity contribution is -0.136. The molecule has 9 heteroatoms. The van der Waals surface area contributed by atoms with Gasteiger partial charge in [-0.1, -0.05) is 37.5 Å². The number of methoxy groups -OCH3 is 1. The monoisotopic (exact) mass is 523 g/mol. The second kappa shape index (κ2) is 10.7. The zero-order valence-electron chi connectivity index (χ0n) is 21.2. The number of rotatable bonds is 9. The second-order valence-electron chi connectivity index (χ2n) is 8.92. The molecule has 0 spiro atoms. The third kappa shape index (κ3) is 5.52. The molecule has 3 aromatic carbocycles. The van der Waals surface area contributed by atoms with Gasteiger partial charge in [0.05, 0.1) is 17.4 Å². The van der Waals surface area contributed by atoms with Crippen LogP contribution in [0.2, 0.25) is 0 Å². The number of hydrogen-bond donors (Lipinski definition) is 1. The highest BCUT2D eigenvalue weighted by atomic mass is 32.2. The van der Waals surface area contributed by atoms with E-state index >= 15 is 0 Å². The van der Waals surface area contributed by atoms with Crippen LogP contribution >= 0.6 is 0 Å². The van der Waals surface area contributed by atoms with Crippen molar-refractivity contribution in [3.63, 3.8) is 0 Å². The van der Waals surface area contributed by atoms with Crippen molar-refractivity contribution in [2.45, 2.75) is 51.0 Å². The molecule has 1 aromatic heterocycles. The summed E-state index contributed by atoms with van der Waals surface area (Å²) in [6.45, 7) is 5.49. The summed E-state index contributed by atoms with van der Waals surface area (Å²) in [7, 11) is -2.43. The molecule has 4 rings (SSSR count). The molecule has 0 fully saturated rings. The lowest BCUT2D eigenvalue weighted by Crippen LogP contribution is -2.43. The minimum Gasteiger partial charge on any atom is -0.497 e.